The summed E-state index contributed by atoms with van der Waals surface area (Å²) in [5.41, 5.74) is 0.801. The lowest BCUT2D eigenvalue weighted by Crippen LogP contribution is -2.29. The van der Waals surface area contributed by atoms with E-state index in [9.17, 15) is 9.18 Å². The van der Waals surface area contributed by atoms with Gasteiger partial charge in [0.05, 0.1) is 0 Å². The Morgan fingerprint density at radius 3 is 2.57 bits per heavy atom. The summed E-state index contributed by atoms with van der Waals surface area (Å²) in [7, 11) is 0. The van der Waals surface area contributed by atoms with Crippen LogP contribution in [0.1, 0.15) is 21.7 Å². The number of nitrogens with zero attached hydrogens (tertiary/aromatic N) is 3. The number of hydrogen-bond donors (Lipinski definition) is 3. The zero-order chi connectivity index (χ0) is 19.9. The van der Waals surface area contributed by atoms with E-state index in [1.165, 1.54) is 6.07 Å². The van der Waals surface area contributed by atoms with E-state index in [1.807, 2.05) is 18.2 Å². The van der Waals surface area contributed by atoms with E-state index in [2.05, 4.69) is 30.9 Å². The number of pyridine rings is 1. The van der Waals surface area contributed by atoms with Crippen molar-refractivity contribution < 1.29 is 9.18 Å². The molecule has 3 rings (SSSR count). The van der Waals surface area contributed by atoms with Crippen LogP contribution in [0.4, 0.5) is 21.8 Å². The summed E-state index contributed by atoms with van der Waals surface area (Å²) in [6.07, 6.45) is 1.69. The molecule has 0 atom stereocenters. The van der Waals surface area contributed by atoms with E-state index in [0.29, 0.717) is 47.5 Å². The number of carbonyl (C=O) groups excluding carboxylic acids is 1. The maximum Gasteiger partial charge on any atom is 0.251 e. The Morgan fingerprint density at radius 1 is 1.00 bits per heavy atom. The molecule has 3 aromatic rings. The van der Waals surface area contributed by atoms with Gasteiger partial charge in [0.1, 0.15) is 29.1 Å². The maximum atomic E-state index is 13.6. The molecule has 0 spiro atoms. The highest BCUT2D eigenvalue weighted by molar-refractivity contribution is 5.94. The van der Waals surface area contributed by atoms with Gasteiger partial charge in [0.15, 0.2) is 0 Å². The minimum Gasteiger partial charge on any atom is -0.368 e. The van der Waals surface area contributed by atoms with Gasteiger partial charge in [-0.2, -0.15) is 0 Å². The van der Waals surface area contributed by atoms with Gasteiger partial charge in [-0.25, -0.2) is 19.3 Å². The van der Waals surface area contributed by atoms with Gasteiger partial charge < -0.3 is 16.0 Å². The molecular weight excluding hydrogens is 359 g/mol. The third kappa shape index (κ3) is 5.23. The van der Waals surface area contributed by atoms with Crippen molar-refractivity contribution in [2.75, 3.05) is 23.7 Å². The maximum absolute atomic E-state index is 13.6. The Labute approximate surface area is 162 Å². The molecule has 3 N–H and O–H groups in total. The molecule has 0 aliphatic carbocycles. The molecule has 1 amide bonds. The monoisotopic (exact) mass is 380 g/mol. The van der Waals surface area contributed by atoms with Crippen LogP contribution in [0.25, 0.3) is 0 Å². The predicted octanol–water partition coefficient (Wildman–Crippen LogP) is 3.21. The Kier molecular flexibility index (Phi) is 6.11. The Hall–Kier alpha value is -3.55. The van der Waals surface area contributed by atoms with E-state index < -0.39 is 5.82 Å². The number of benzene rings is 1. The minimum absolute atomic E-state index is 0.294. The van der Waals surface area contributed by atoms with Crippen molar-refractivity contribution in [1.82, 2.24) is 20.3 Å². The van der Waals surface area contributed by atoms with Gasteiger partial charge in [-0.1, -0.05) is 12.1 Å². The van der Waals surface area contributed by atoms with Crippen LogP contribution in [-0.4, -0.2) is 33.9 Å². The second kappa shape index (κ2) is 8.90. The molecule has 144 valence electrons. The molecule has 8 heteroatoms. The van der Waals surface area contributed by atoms with Gasteiger partial charge in [-0.05, 0) is 43.7 Å². The summed E-state index contributed by atoms with van der Waals surface area (Å²) in [6, 6.07) is 11.7. The molecule has 0 saturated carbocycles. The number of nitrogens with one attached hydrogen (secondary N) is 3. The molecule has 0 unspecified atom stereocenters. The first-order valence-corrected chi connectivity index (χ1v) is 8.83. The molecule has 0 radical (unpaired) electrons. The van der Waals surface area contributed by atoms with E-state index in [0.717, 1.165) is 0 Å². The van der Waals surface area contributed by atoms with E-state index in [4.69, 9.17) is 0 Å². The van der Waals surface area contributed by atoms with Crippen LogP contribution in [0.3, 0.4) is 0 Å². The second-order valence-corrected chi connectivity index (χ2v) is 6.17. The average molecular weight is 380 g/mol. The first-order valence-electron chi connectivity index (χ1n) is 8.83. The largest absolute Gasteiger partial charge is 0.368 e. The van der Waals surface area contributed by atoms with Crippen LogP contribution >= 0.6 is 0 Å². The third-order valence-corrected chi connectivity index (χ3v) is 3.91. The van der Waals surface area contributed by atoms with Crippen molar-refractivity contribution >= 4 is 23.4 Å². The molecule has 28 heavy (non-hydrogen) atoms. The smallest absolute Gasteiger partial charge is 0.251 e. The molecular formula is C20H21FN6O. The third-order valence-electron chi connectivity index (χ3n) is 3.91. The fraction of sp³-hybridized carbons (Fsp3) is 0.200. The highest BCUT2D eigenvalue weighted by Gasteiger charge is 2.08. The fourth-order valence-corrected chi connectivity index (χ4v) is 2.49. The molecule has 1 aromatic carbocycles. The second-order valence-electron chi connectivity index (χ2n) is 6.17. The Bertz CT molecular complexity index is 964. The number of hydrogen-bond acceptors (Lipinski definition) is 6. The van der Waals surface area contributed by atoms with Crippen molar-refractivity contribution in [2.45, 2.75) is 13.8 Å². The standard InChI is InChI=1S/C20H21FN6O/c1-13-6-7-15(11-16(13)21)20(28)24-10-9-23-18-12-19(26-14(2)25-18)27-17-5-3-4-8-22-17/h3-8,11-12H,9-10H2,1-2H3,(H,24,28)(H2,22,23,25,26,27). The van der Waals surface area contributed by atoms with Gasteiger partial charge in [-0.15, -0.1) is 0 Å². The van der Waals surface area contributed by atoms with Gasteiger partial charge >= 0.3 is 0 Å². The predicted molar refractivity (Wildman–Crippen MR) is 106 cm³/mol. The van der Waals surface area contributed by atoms with E-state index in [1.54, 1.807) is 38.2 Å². The van der Waals surface area contributed by atoms with Gasteiger partial charge in [0, 0.05) is 30.9 Å². The number of rotatable bonds is 7. The first-order chi connectivity index (χ1) is 13.5. The number of anilines is 3. The highest BCUT2D eigenvalue weighted by atomic mass is 19.1. The molecule has 0 aliphatic heterocycles. The zero-order valence-electron chi connectivity index (χ0n) is 15.7. The summed E-state index contributed by atoms with van der Waals surface area (Å²) in [5, 5.41) is 9.00. The van der Waals surface area contributed by atoms with Gasteiger partial charge in [-0.3, -0.25) is 4.79 Å². The Morgan fingerprint density at radius 2 is 1.82 bits per heavy atom. The number of aryl methyl sites for hydroxylation is 2. The molecule has 0 fully saturated rings. The quantitative estimate of drug-likeness (QED) is 0.545. The van der Waals surface area contributed by atoms with Crippen LogP contribution < -0.4 is 16.0 Å². The molecule has 0 aliphatic rings. The SMILES string of the molecule is Cc1nc(NCCNC(=O)c2ccc(C)c(F)c2)cc(Nc2ccccn2)n1. The topological polar surface area (TPSA) is 91.8 Å². The van der Waals surface area contributed by atoms with Crippen molar-refractivity contribution in [2.24, 2.45) is 0 Å². The normalized spacial score (nSPS) is 10.4. The zero-order valence-corrected chi connectivity index (χ0v) is 15.7. The van der Waals surface area contributed by atoms with Crippen LogP contribution in [0.15, 0.2) is 48.7 Å². The summed E-state index contributed by atoms with van der Waals surface area (Å²) < 4.78 is 13.6. The summed E-state index contributed by atoms with van der Waals surface area (Å²) in [4.78, 5) is 24.9. The van der Waals surface area contributed by atoms with Gasteiger partial charge in [0.2, 0.25) is 0 Å². The number of amides is 1. The van der Waals surface area contributed by atoms with Gasteiger partial charge in [0.25, 0.3) is 5.91 Å². The molecule has 2 aromatic heterocycles. The highest BCUT2D eigenvalue weighted by Crippen LogP contribution is 2.15. The van der Waals surface area contributed by atoms with Crippen molar-refractivity contribution in [1.29, 1.82) is 0 Å². The van der Waals surface area contributed by atoms with E-state index in [-0.39, 0.29) is 5.91 Å². The molecule has 2 heterocycles. The lowest BCUT2D eigenvalue weighted by atomic mass is 10.1. The summed E-state index contributed by atoms with van der Waals surface area (Å²) in [5.74, 6) is 1.81. The summed E-state index contributed by atoms with van der Waals surface area (Å²) >= 11 is 0. The van der Waals surface area contributed by atoms with E-state index >= 15 is 0 Å². The van der Waals surface area contributed by atoms with Crippen molar-refractivity contribution in [3.05, 3.63) is 71.4 Å². The molecule has 7 nitrogen and oxygen atoms in total. The van der Waals surface area contributed by atoms with Crippen LogP contribution in [0.5, 0.6) is 0 Å². The average Bonchev–Trinajstić information content (AvgIpc) is 2.67. The van der Waals surface area contributed by atoms with Crippen LogP contribution in [0.2, 0.25) is 0 Å². The van der Waals surface area contributed by atoms with Crippen LogP contribution in [0, 0.1) is 19.7 Å². The minimum atomic E-state index is -0.393. The van der Waals surface area contributed by atoms with Crippen LogP contribution in [-0.2, 0) is 0 Å². The first kappa shape index (κ1) is 19.2. The number of carbonyl (C=O) groups is 1. The number of aromatic nitrogens is 3. The Balaban J connectivity index is 1.53. The van der Waals surface area contributed by atoms with Crippen molar-refractivity contribution in [3.8, 4) is 0 Å². The fourth-order valence-electron chi connectivity index (χ4n) is 2.49. The molecule has 0 saturated heterocycles. The lowest BCUT2D eigenvalue weighted by Gasteiger charge is -2.10. The summed E-state index contributed by atoms with van der Waals surface area (Å²) in [6.45, 7) is 4.27. The number of halogens is 1. The lowest BCUT2D eigenvalue weighted by molar-refractivity contribution is 0.0954. The molecule has 0 bridgehead atoms. The van der Waals surface area contributed by atoms with Crippen molar-refractivity contribution in [3.63, 3.8) is 0 Å².